The molecule has 2 rings (SSSR count). The van der Waals surface area contributed by atoms with Crippen LogP contribution in [0.25, 0.3) is 0 Å². The van der Waals surface area contributed by atoms with E-state index in [9.17, 15) is 14.9 Å². The minimum absolute atomic E-state index is 0.0155. The van der Waals surface area contributed by atoms with E-state index in [0.717, 1.165) is 19.3 Å². The van der Waals surface area contributed by atoms with Gasteiger partial charge in [0.2, 0.25) is 0 Å². The van der Waals surface area contributed by atoms with Crippen LogP contribution in [0.4, 0.5) is 5.69 Å². The van der Waals surface area contributed by atoms with Gasteiger partial charge in [-0.05, 0) is 43.2 Å². The third-order valence-electron chi connectivity index (χ3n) is 4.34. The van der Waals surface area contributed by atoms with Gasteiger partial charge >= 0.3 is 0 Å². The van der Waals surface area contributed by atoms with Crippen LogP contribution in [0.1, 0.15) is 43.5 Å². The number of nitrogens with one attached hydrogen (secondary N) is 1. The van der Waals surface area contributed by atoms with E-state index in [0.29, 0.717) is 17.4 Å². The van der Waals surface area contributed by atoms with Crippen LogP contribution in [0, 0.1) is 22.0 Å². The van der Waals surface area contributed by atoms with Gasteiger partial charge in [-0.15, -0.1) is 0 Å². The molecule has 0 spiro atoms. The Morgan fingerprint density at radius 3 is 2.62 bits per heavy atom. The third kappa shape index (κ3) is 3.73. The zero-order chi connectivity index (χ0) is 15.6. The Labute approximate surface area is 128 Å². The Balaban J connectivity index is 2.04. The molecule has 1 fully saturated rings. The van der Waals surface area contributed by atoms with Gasteiger partial charge in [0.05, 0.1) is 4.92 Å². The van der Waals surface area contributed by atoms with Gasteiger partial charge < -0.3 is 5.32 Å². The molecule has 1 aliphatic carbocycles. The number of halogens is 1. The molecule has 0 saturated heterocycles. The number of nitro benzene ring substituents is 1. The zero-order valence-corrected chi connectivity index (χ0v) is 12.9. The van der Waals surface area contributed by atoms with Crippen LogP contribution in [-0.2, 0) is 0 Å². The maximum Gasteiger partial charge on any atom is 0.287 e. The lowest BCUT2D eigenvalue weighted by atomic mass is 9.79. The molecule has 3 atom stereocenters. The summed E-state index contributed by atoms with van der Waals surface area (Å²) in [6.07, 6.45) is 3.04. The molecule has 0 radical (unpaired) electrons. The van der Waals surface area contributed by atoms with Crippen molar-refractivity contribution in [3.63, 3.8) is 0 Å². The highest BCUT2D eigenvalue weighted by Gasteiger charge is 2.26. The van der Waals surface area contributed by atoms with E-state index in [1.807, 2.05) is 0 Å². The maximum absolute atomic E-state index is 12.2. The minimum atomic E-state index is -0.561. The summed E-state index contributed by atoms with van der Waals surface area (Å²) in [5.74, 6) is 1.05. The number of benzene rings is 1. The van der Waals surface area contributed by atoms with Crippen molar-refractivity contribution in [1.82, 2.24) is 5.32 Å². The number of nitro groups is 1. The summed E-state index contributed by atoms with van der Waals surface area (Å²) >= 11 is 5.83. The Kier molecular flexibility index (Phi) is 4.83. The molecule has 0 bridgehead atoms. The smallest absolute Gasteiger partial charge is 0.287 e. The molecule has 1 aromatic rings. The normalized spacial score (nSPS) is 25.4. The summed E-state index contributed by atoms with van der Waals surface area (Å²) in [5.41, 5.74) is 0.171. The average Bonchev–Trinajstić information content (AvgIpc) is 2.42. The quantitative estimate of drug-likeness (QED) is 0.681. The lowest BCUT2D eigenvalue weighted by Gasteiger charge is -2.32. The van der Waals surface area contributed by atoms with Gasteiger partial charge in [-0.3, -0.25) is 14.9 Å². The van der Waals surface area contributed by atoms with Crippen LogP contribution in [-0.4, -0.2) is 16.9 Å². The van der Waals surface area contributed by atoms with E-state index in [1.54, 1.807) is 0 Å². The molecular weight excluding hydrogens is 292 g/mol. The van der Waals surface area contributed by atoms with Gasteiger partial charge in [0.25, 0.3) is 11.6 Å². The van der Waals surface area contributed by atoms with Crippen LogP contribution < -0.4 is 5.32 Å². The highest BCUT2D eigenvalue weighted by Crippen LogP contribution is 2.30. The predicted molar refractivity (Wildman–Crippen MR) is 81.5 cm³/mol. The molecule has 114 valence electrons. The lowest BCUT2D eigenvalue weighted by Crippen LogP contribution is -2.39. The van der Waals surface area contributed by atoms with Gasteiger partial charge in [0.15, 0.2) is 0 Å². The first-order chi connectivity index (χ1) is 9.88. The molecule has 1 saturated carbocycles. The van der Waals surface area contributed by atoms with Gasteiger partial charge in [-0.1, -0.05) is 25.4 Å². The van der Waals surface area contributed by atoms with Gasteiger partial charge in [0, 0.05) is 17.7 Å². The van der Waals surface area contributed by atoms with E-state index in [-0.39, 0.29) is 22.7 Å². The van der Waals surface area contributed by atoms with Crippen molar-refractivity contribution in [1.29, 1.82) is 0 Å². The minimum Gasteiger partial charge on any atom is -0.349 e. The predicted octanol–water partition coefficient (Wildman–Crippen LogP) is 3.80. The largest absolute Gasteiger partial charge is 0.349 e. The number of nitrogens with zero attached hydrogens (tertiary/aromatic N) is 1. The molecule has 1 N–H and O–H groups in total. The fraction of sp³-hybridized carbons (Fsp3) is 0.533. The van der Waals surface area contributed by atoms with Crippen LogP contribution in [0.15, 0.2) is 18.2 Å². The van der Waals surface area contributed by atoms with Gasteiger partial charge in [-0.2, -0.15) is 0 Å². The van der Waals surface area contributed by atoms with E-state index in [4.69, 9.17) is 11.6 Å². The van der Waals surface area contributed by atoms with Crippen LogP contribution in [0.2, 0.25) is 5.02 Å². The summed E-state index contributed by atoms with van der Waals surface area (Å²) in [6, 6.07) is 4.22. The summed E-state index contributed by atoms with van der Waals surface area (Å²) < 4.78 is 0. The lowest BCUT2D eigenvalue weighted by molar-refractivity contribution is -0.384. The SMILES string of the molecule is CC1CCC(NC(=O)c2ccc([N+](=O)[O-])c(Cl)c2)CC1C. The first kappa shape index (κ1) is 15.8. The number of carbonyl (C=O) groups excluding carboxylic acids is 1. The molecule has 0 aromatic heterocycles. The molecule has 5 nitrogen and oxygen atoms in total. The summed E-state index contributed by atoms with van der Waals surface area (Å²) in [7, 11) is 0. The first-order valence-corrected chi connectivity index (χ1v) is 7.51. The first-order valence-electron chi connectivity index (χ1n) is 7.13. The van der Waals surface area contributed by atoms with Crippen molar-refractivity contribution >= 4 is 23.2 Å². The fourth-order valence-electron chi connectivity index (χ4n) is 2.74. The zero-order valence-electron chi connectivity index (χ0n) is 12.1. The number of amides is 1. The second-order valence-corrected chi connectivity index (χ2v) is 6.27. The number of rotatable bonds is 3. The maximum atomic E-state index is 12.2. The molecule has 0 aliphatic heterocycles. The summed E-state index contributed by atoms with van der Waals surface area (Å²) in [6.45, 7) is 4.44. The van der Waals surface area contributed by atoms with Crippen molar-refractivity contribution in [3.8, 4) is 0 Å². The van der Waals surface area contributed by atoms with Crippen LogP contribution >= 0.6 is 11.6 Å². The summed E-state index contributed by atoms with van der Waals surface area (Å²) in [5, 5.41) is 13.7. The Morgan fingerprint density at radius 2 is 2.05 bits per heavy atom. The van der Waals surface area contributed by atoms with E-state index in [2.05, 4.69) is 19.2 Å². The van der Waals surface area contributed by atoms with Crippen molar-refractivity contribution in [3.05, 3.63) is 38.9 Å². The second kappa shape index (κ2) is 6.43. The molecule has 3 unspecified atom stereocenters. The topological polar surface area (TPSA) is 72.2 Å². The van der Waals surface area contributed by atoms with Crippen molar-refractivity contribution in [2.45, 2.75) is 39.2 Å². The molecule has 0 heterocycles. The highest BCUT2D eigenvalue weighted by atomic mass is 35.5. The molecule has 1 aliphatic rings. The van der Waals surface area contributed by atoms with Crippen molar-refractivity contribution in [2.75, 3.05) is 0 Å². The van der Waals surface area contributed by atoms with Crippen LogP contribution in [0.3, 0.4) is 0 Å². The van der Waals surface area contributed by atoms with E-state index < -0.39 is 4.92 Å². The molecule has 21 heavy (non-hydrogen) atoms. The van der Waals surface area contributed by atoms with Gasteiger partial charge in [-0.25, -0.2) is 0 Å². The highest BCUT2D eigenvalue weighted by molar-refractivity contribution is 6.33. The molecular formula is C15H19ClN2O3. The molecule has 6 heteroatoms. The fourth-order valence-corrected chi connectivity index (χ4v) is 2.99. The average molecular weight is 311 g/mol. The Hall–Kier alpha value is -1.62. The third-order valence-corrected chi connectivity index (χ3v) is 4.64. The monoisotopic (exact) mass is 310 g/mol. The van der Waals surface area contributed by atoms with E-state index in [1.165, 1.54) is 18.2 Å². The number of carbonyl (C=O) groups is 1. The van der Waals surface area contributed by atoms with E-state index >= 15 is 0 Å². The molecule has 1 aromatic carbocycles. The standard InChI is InChI=1S/C15H19ClN2O3/c1-9-3-5-12(7-10(9)2)17-15(19)11-4-6-14(18(20)21)13(16)8-11/h4,6,8-10,12H,3,5,7H2,1-2H3,(H,17,19). The van der Waals surface area contributed by atoms with Crippen LogP contribution in [0.5, 0.6) is 0 Å². The second-order valence-electron chi connectivity index (χ2n) is 5.86. The molecule has 1 amide bonds. The number of hydrogen-bond donors (Lipinski definition) is 1. The Morgan fingerprint density at radius 1 is 1.33 bits per heavy atom. The van der Waals surface area contributed by atoms with Crippen molar-refractivity contribution in [2.24, 2.45) is 11.8 Å². The Bertz CT molecular complexity index is 562. The van der Waals surface area contributed by atoms with Gasteiger partial charge in [0.1, 0.15) is 5.02 Å². The summed E-state index contributed by atoms with van der Waals surface area (Å²) in [4.78, 5) is 22.3. The van der Waals surface area contributed by atoms with Crippen molar-refractivity contribution < 1.29 is 9.72 Å². The number of hydrogen-bond acceptors (Lipinski definition) is 3.